The van der Waals surface area contributed by atoms with Crippen LogP contribution < -0.4 is 5.32 Å². The van der Waals surface area contributed by atoms with E-state index < -0.39 is 0 Å². The lowest BCUT2D eigenvalue weighted by atomic mass is 10.1. The zero-order chi connectivity index (χ0) is 13.2. The van der Waals surface area contributed by atoms with E-state index >= 15 is 0 Å². The van der Waals surface area contributed by atoms with Crippen LogP contribution in [-0.4, -0.2) is 53.1 Å². The first kappa shape index (κ1) is 14.3. The molecule has 0 aromatic heterocycles. The summed E-state index contributed by atoms with van der Waals surface area (Å²) in [6.07, 6.45) is 0. The number of hydrogen-bond donors (Lipinski definition) is 1. The van der Waals surface area contributed by atoms with Gasteiger partial charge >= 0.3 is 6.03 Å². The molecule has 0 aliphatic carbocycles. The van der Waals surface area contributed by atoms with Crippen molar-refractivity contribution in [3.8, 4) is 0 Å². The van der Waals surface area contributed by atoms with Gasteiger partial charge in [-0.05, 0) is 41.5 Å². The van der Waals surface area contributed by atoms with E-state index in [9.17, 15) is 4.79 Å². The monoisotopic (exact) mass is 241 g/mol. The molecule has 1 fully saturated rings. The summed E-state index contributed by atoms with van der Waals surface area (Å²) in [5, 5.41) is 2.97. The van der Waals surface area contributed by atoms with Gasteiger partial charge in [-0.25, -0.2) is 4.79 Å². The number of piperazine rings is 1. The number of rotatable bonds is 2. The molecule has 0 saturated carbocycles. The van der Waals surface area contributed by atoms with Gasteiger partial charge in [0.05, 0.1) is 0 Å². The Morgan fingerprint density at radius 2 is 1.59 bits per heavy atom. The van der Waals surface area contributed by atoms with Crippen LogP contribution >= 0.6 is 0 Å². The van der Waals surface area contributed by atoms with Crippen molar-refractivity contribution in [2.75, 3.05) is 13.1 Å². The molecule has 17 heavy (non-hydrogen) atoms. The molecule has 1 N–H and O–H groups in total. The third-order valence-corrected chi connectivity index (χ3v) is 3.28. The highest BCUT2D eigenvalue weighted by Crippen LogP contribution is 2.18. The average molecular weight is 241 g/mol. The Bertz CT molecular complexity index is 253. The third-order valence-electron chi connectivity index (χ3n) is 3.28. The second-order valence-electron chi connectivity index (χ2n) is 5.75. The standard InChI is InChI=1S/C13H27N3O/c1-9(2)14-13(17)15-7-11(5)16(10(3)4)12(6)8-15/h9-12H,7-8H2,1-6H3,(H,14,17)/t11-,12+. The van der Waals surface area contributed by atoms with E-state index in [1.54, 1.807) is 0 Å². The van der Waals surface area contributed by atoms with E-state index in [0.717, 1.165) is 13.1 Å². The molecule has 0 radical (unpaired) electrons. The lowest BCUT2D eigenvalue weighted by Crippen LogP contribution is -2.61. The van der Waals surface area contributed by atoms with Crippen LogP contribution in [0.25, 0.3) is 0 Å². The van der Waals surface area contributed by atoms with Gasteiger partial charge in [0, 0.05) is 37.3 Å². The fraction of sp³-hybridized carbons (Fsp3) is 0.923. The summed E-state index contributed by atoms with van der Waals surface area (Å²) in [4.78, 5) is 16.4. The van der Waals surface area contributed by atoms with Gasteiger partial charge in [0.15, 0.2) is 0 Å². The molecule has 100 valence electrons. The number of carbonyl (C=O) groups excluding carboxylic acids is 1. The van der Waals surface area contributed by atoms with Gasteiger partial charge in [0.2, 0.25) is 0 Å². The van der Waals surface area contributed by atoms with E-state index in [1.807, 2.05) is 18.7 Å². The molecular formula is C13H27N3O. The Balaban J connectivity index is 2.62. The van der Waals surface area contributed by atoms with Gasteiger partial charge in [-0.3, -0.25) is 4.90 Å². The van der Waals surface area contributed by atoms with Crippen LogP contribution in [0.2, 0.25) is 0 Å². The van der Waals surface area contributed by atoms with Crippen molar-refractivity contribution < 1.29 is 4.79 Å². The molecular weight excluding hydrogens is 214 g/mol. The zero-order valence-electron chi connectivity index (χ0n) is 12.0. The maximum absolute atomic E-state index is 12.0. The fourth-order valence-corrected chi connectivity index (χ4v) is 2.86. The van der Waals surface area contributed by atoms with E-state index in [-0.39, 0.29) is 12.1 Å². The van der Waals surface area contributed by atoms with Crippen LogP contribution in [0.4, 0.5) is 4.79 Å². The highest BCUT2D eigenvalue weighted by Gasteiger charge is 2.33. The van der Waals surface area contributed by atoms with Gasteiger partial charge in [-0.2, -0.15) is 0 Å². The molecule has 1 rings (SSSR count). The number of hydrogen-bond acceptors (Lipinski definition) is 2. The van der Waals surface area contributed by atoms with E-state index in [0.29, 0.717) is 18.1 Å². The summed E-state index contributed by atoms with van der Waals surface area (Å²) < 4.78 is 0. The summed E-state index contributed by atoms with van der Waals surface area (Å²) >= 11 is 0. The zero-order valence-corrected chi connectivity index (χ0v) is 12.0. The Labute approximate surface area is 105 Å². The van der Waals surface area contributed by atoms with Crippen LogP contribution in [-0.2, 0) is 0 Å². The van der Waals surface area contributed by atoms with Gasteiger partial charge < -0.3 is 10.2 Å². The predicted molar refractivity (Wildman–Crippen MR) is 71.1 cm³/mol. The molecule has 1 aliphatic rings. The van der Waals surface area contributed by atoms with Gasteiger partial charge in [-0.1, -0.05) is 0 Å². The quantitative estimate of drug-likeness (QED) is 0.801. The van der Waals surface area contributed by atoms with Crippen molar-refractivity contribution in [3.05, 3.63) is 0 Å². The number of amides is 2. The maximum Gasteiger partial charge on any atom is 0.317 e. The summed E-state index contributed by atoms with van der Waals surface area (Å²) in [7, 11) is 0. The Morgan fingerprint density at radius 3 is 1.94 bits per heavy atom. The second-order valence-corrected chi connectivity index (χ2v) is 5.75. The molecule has 1 aliphatic heterocycles. The van der Waals surface area contributed by atoms with Crippen molar-refractivity contribution >= 4 is 6.03 Å². The van der Waals surface area contributed by atoms with E-state index in [2.05, 4.69) is 37.9 Å². The molecule has 0 unspecified atom stereocenters. The van der Waals surface area contributed by atoms with Crippen LogP contribution in [0.1, 0.15) is 41.5 Å². The van der Waals surface area contributed by atoms with Crippen molar-refractivity contribution in [3.63, 3.8) is 0 Å². The molecule has 2 amide bonds. The summed E-state index contributed by atoms with van der Waals surface area (Å²) in [6.45, 7) is 14.5. The lowest BCUT2D eigenvalue weighted by Gasteiger charge is -2.46. The topological polar surface area (TPSA) is 35.6 Å². The Morgan fingerprint density at radius 1 is 1.12 bits per heavy atom. The van der Waals surface area contributed by atoms with Gasteiger partial charge in [0.25, 0.3) is 0 Å². The number of nitrogens with one attached hydrogen (secondary N) is 1. The highest BCUT2D eigenvalue weighted by molar-refractivity contribution is 5.74. The van der Waals surface area contributed by atoms with E-state index in [4.69, 9.17) is 0 Å². The normalized spacial score (nSPS) is 26.7. The summed E-state index contributed by atoms with van der Waals surface area (Å²) in [6, 6.07) is 1.67. The van der Waals surface area contributed by atoms with Crippen LogP contribution in [0, 0.1) is 0 Å². The van der Waals surface area contributed by atoms with Crippen molar-refractivity contribution in [1.82, 2.24) is 15.1 Å². The molecule has 0 aromatic rings. The predicted octanol–water partition coefficient (Wildman–Crippen LogP) is 1.91. The van der Waals surface area contributed by atoms with Crippen LogP contribution in [0.5, 0.6) is 0 Å². The van der Waals surface area contributed by atoms with Crippen LogP contribution in [0.3, 0.4) is 0 Å². The van der Waals surface area contributed by atoms with Gasteiger partial charge in [-0.15, -0.1) is 0 Å². The second kappa shape index (κ2) is 5.71. The number of carbonyl (C=O) groups is 1. The highest BCUT2D eigenvalue weighted by atomic mass is 16.2. The lowest BCUT2D eigenvalue weighted by molar-refractivity contribution is 0.0316. The van der Waals surface area contributed by atoms with Crippen LogP contribution in [0.15, 0.2) is 0 Å². The Kier molecular flexibility index (Phi) is 4.80. The minimum atomic E-state index is 0.0714. The van der Waals surface area contributed by atoms with E-state index in [1.165, 1.54) is 0 Å². The summed E-state index contributed by atoms with van der Waals surface area (Å²) in [5.41, 5.74) is 0. The third kappa shape index (κ3) is 3.60. The average Bonchev–Trinajstić information content (AvgIpc) is 2.14. The minimum absolute atomic E-state index is 0.0714. The number of nitrogens with zero attached hydrogens (tertiary/aromatic N) is 2. The SMILES string of the molecule is CC(C)NC(=O)N1C[C@@H](C)N(C(C)C)[C@@H](C)C1. The van der Waals surface area contributed by atoms with Crippen molar-refractivity contribution in [2.45, 2.75) is 65.7 Å². The minimum Gasteiger partial charge on any atom is -0.336 e. The molecule has 2 atom stereocenters. The van der Waals surface area contributed by atoms with Crippen molar-refractivity contribution in [2.24, 2.45) is 0 Å². The smallest absolute Gasteiger partial charge is 0.317 e. The molecule has 0 bridgehead atoms. The molecule has 4 heteroatoms. The fourth-order valence-electron chi connectivity index (χ4n) is 2.86. The molecule has 0 aromatic carbocycles. The summed E-state index contributed by atoms with van der Waals surface area (Å²) in [5.74, 6) is 0. The maximum atomic E-state index is 12.0. The van der Waals surface area contributed by atoms with Gasteiger partial charge in [0.1, 0.15) is 0 Å². The molecule has 1 saturated heterocycles. The first-order valence-corrected chi connectivity index (χ1v) is 6.65. The first-order chi connectivity index (χ1) is 7.82. The number of urea groups is 1. The van der Waals surface area contributed by atoms with Crippen molar-refractivity contribution in [1.29, 1.82) is 0 Å². The molecule has 4 nitrogen and oxygen atoms in total. The largest absolute Gasteiger partial charge is 0.336 e. The molecule has 1 heterocycles. The Hall–Kier alpha value is -0.770. The first-order valence-electron chi connectivity index (χ1n) is 6.65. The molecule has 0 spiro atoms.